The van der Waals surface area contributed by atoms with Gasteiger partial charge in [0.1, 0.15) is 0 Å². The Morgan fingerprint density at radius 3 is 2.53 bits per heavy atom. The molecule has 0 aliphatic carbocycles. The molecule has 2 fully saturated rings. The summed E-state index contributed by atoms with van der Waals surface area (Å²) in [5, 5.41) is 3.63. The molecular formula is C14H20N2O2S. The van der Waals surface area contributed by atoms with Crippen LogP contribution in [0.25, 0.3) is 0 Å². The Balaban J connectivity index is 1.79. The number of fused-ring (bicyclic) bond motifs is 2. The van der Waals surface area contributed by atoms with E-state index in [1.165, 1.54) is 37.5 Å². The van der Waals surface area contributed by atoms with E-state index in [0.29, 0.717) is 23.7 Å². The van der Waals surface area contributed by atoms with Gasteiger partial charge in [-0.2, -0.15) is 0 Å². The number of piperidine rings is 1. The molecule has 4 nitrogen and oxygen atoms in total. The molecule has 3 atom stereocenters. The van der Waals surface area contributed by atoms with E-state index in [0.717, 1.165) is 0 Å². The van der Waals surface area contributed by atoms with Gasteiger partial charge in [0.2, 0.25) is 10.0 Å². The number of nitrogens with one attached hydrogen (secondary N) is 2. The van der Waals surface area contributed by atoms with Crippen molar-refractivity contribution in [3.05, 3.63) is 29.8 Å². The van der Waals surface area contributed by atoms with Gasteiger partial charge in [0.25, 0.3) is 0 Å². The minimum atomic E-state index is -3.20. The number of hydrogen-bond acceptors (Lipinski definition) is 3. The summed E-state index contributed by atoms with van der Waals surface area (Å²) < 4.78 is 25.1. The number of anilines is 1. The molecule has 0 amide bonds. The van der Waals surface area contributed by atoms with Gasteiger partial charge in [-0.25, -0.2) is 8.42 Å². The summed E-state index contributed by atoms with van der Waals surface area (Å²) in [5.41, 5.74) is 1.93. The lowest BCUT2D eigenvalue weighted by Crippen LogP contribution is -2.37. The maximum absolute atomic E-state index is 11.3. The molecule has 1 unspecified atom stereocenters. The molecule has 104 valence electrons. The van der Waals surface area contributed by atoms with Crippen LogP contribution >= 0.6 is 0 Å². The van der Waals surface area contributed by atoms with Crippen LogP contribution in [-0.2, 0) is 10.0 Å². The highest BCUT2D eigenvalue weighted by atomic mass is 32.2. The third-order valence-electron chi connectivity index (χ3n) is 4.13. The average Bonchev–Trinajstić information content (AvgIpc) is 2.66. The minimum Gasteiger partial charge on any atom is -0.311 e. The highest BCUT2D eigenvalue weighted by Gasteiger charge is 2.33. The van der Waals surface area contributed by atoms with Crippen molar-refractivity contribution in [3.63, 3.8) is 0 Å². The van der Waals surface area contributed by atoms with Crippen molar-refractivity contribution in [2.24, 2.45) is 0 Å². The lowest BCUT2D eigenvalue weighted by atomic mass is 9.86. The van der Waals surface area contributed by atoms with Gasteiger partial charge in [0.15, 0.2) is 0 Å². The van der Waals surface area contributed by atoms with Crippen LogP contribution in [0, 0.1) is 0 Å². The molecule has 3 rings (SSSR count). The molecule has 5 heteroatoms. The van der Waals surface area contributed by atoms with Gasteiger partial charge >= 0.3 is 0 Å². The lowest BCUT2D eigenvalue weighted by Gasteiger charge is -2.29. The van der Waals surface area contributed by atoms with Crippen molar-refractivity contribution >= 4 is 15.7 Å². The minimum absolute atomic E-state index is 0.556. The van der Waals surface area contributed by atoms with E-state index in [9.17, 15) is 8.42 Å². The van der Waals surface area contributed by atoms with E-state index in [-0.39, 0.29) is 0 Å². The van der Waals surface area contributed by atoms with Crippen LogP contribution in [0.2, 0.25) is 0 Å². The monoisotopic (exact) mass is 280 g/mol. The number of benzene rings is 1. The fourth-order valence-electron chi connectivity index (χ4n) is 3.40. The van der Waals surface area contributed by atoms with Gasteiger partial charge in [-0.3, -0.25) is 4.72 Å². The van der Waals surface area contributed by atoms with Crippen LogP contribution in [0.15, 0.2) is 24.3 Å². The summed E-state index contributed by atoms with van der Waals surface area (Å²) in [4.78, 5) is 0. The van der Waals surface area contributed by atoms with Gasteiger partial charge in [0.05, 0.1) is 6.26 Å². The summed E-state index contributed by atoms with van der Waals surface area (Å²) >= 11 is 0. The molecular weight excluding hydrogens is 260 g/mol. The van der Waals surface area contributed by atoms with Crippen molar-refractivity contribution in [1.29, 1.82) is 0 Å². The zero-order valence-electron chi connectivity index (χ0n) is 11.1. The highest BCUT2D eigenvalue weighted by molar-refractivity contribution is 7.92. The second-order valence-corrected chi connectivity index (χ2v) is 7.55. The Kier molecular flexibility index (Phi) is 3.27. The summed E-state index contributed by atoms with van der Waals surface area (Å²) in [7, 11) is -3.20. The normalized spacial score (nSPS) is 30.3. The second kappa shape index (κ2) is 4.80. The van der Waals surface area contributed by atoms with Gasteiger partial charge in [0, 0.05) is 17.8 Å². The predicted octanol–water partition coefficient (Wildman–Crippen LogP) is 2.06. The fourth-order valence-corrected chi connectivity index (χ4v) is 3.95. The molecule has 1 aromatic rings. The Morgan fingerprint density at radius 2 is 1.89 bits per heavy atom. The Labute approximate surface area is 114 Å². The molecule has 0 spiro atoms. The van der Waals surface area contributed by atoms with Crippen molar-refractivity contribution < 1.29 is 8.42 Å². The molecule has 0 radical (unpaired) electrons. The average molecular weight is 280 g/mol. The molecule has 2 N–H and O–H groups in total. The largest absolute Gasteiger partial charge is 0.311 e. The Hall–Kier alpha value is -1.07. The molecule has 19 heavy (non-hydrogen) atoms. The highest BCUT2D eigenvalue weighted by Crippen LogP contribution is 2.37. The van der Waals surface area contributed by atoms with E-state index in [1.807, 2.05) is 12.1 Å². The van der Waals surface area contributed by atoms with E-state index < -0.39 is 10.0 Å². The summed E-state index contributed by atoms with van der Waals surface area (Å²) in [6, 6.07) is 9.14. The maximum atomic E-state index is 11.3. The topological polar surface area (TPSA) is 58.2 Å². The van der Waals surface area contributed by atoms with Crippen molar-refractivity contribution in [1.82, 2.24) is 5.32 Å². The third kappa shape index (κ3) is 3.09. The van der Waals surface area contributed by atoms with Gasteiger partial charge in [-0.1, -0.05) is 12.1 Å². The van der Waals surface area contributed by atoms with E-state index in [1.54, 1.807) is 6.07 Å². The Bertz CT molecular complexity index is 559. The SMILES string of the molecule is CS(=O)(=O)Nc1cccc(C2C[C@H]3CC[C@@H](C2)N3)c1. The molecule has 2 heterocycles. The first-order valence-electron chi connectivity index (χ1n) is 6.83. The van der Waals surface area contributed by atoms with Crippen LogP contribution in [-0.4, -0.2) is 26.8 Å². The number of hydrogen-bond donors (Lipinski definition) is 2. The first-order valence-corrected chi connectivity index (χ1v) is 8.72. The first kappa shape index (κ1) is 12.9. The van der Waals surface area contributed by atoms with Gasteiger partial charge in [-0.15, -0.1) is 0 Å². The molecule has 2 aliphatic rings. The van der Waals surface area contributed by atoms with Crippen LogP contribution in [0.4, 0.5) is 5.69 Å². The molecule has 0 aromatic heterocycles. The fraction of sp³-hybridized carbons (Fsp3) is 0.571. The van der Waals surface area contributed by atoms with E-state index in [4.69, 9.17) is 0 Å². The zero-order valence-corrected chi connectivity index (χ0v) is 11.9. The van der Waals surface area contributed by atoms with Crippen LogP contribution in [0.1, 0.15) is 37.2 Å². The summed E-state index contributed by atoms with van der Waals surface area (Å²) in [6.45, 7) is 0. The number of sulfonamides is 1. The Morgan fingerprint density at radius 1 is 1.21 bits per heavy atom. The van der Waals surface area contributed by atoms with Crippen LogP contribution < -0.4 is 10.0 Å². The van der Waals surface area contributed by atoms with Gasteiger partial charge < -0.3 is 5.32 Å². The molecule has 0 saturated carbocycles. The van der Waals surface area contributed by atoms with E-state index in [2.05, 4.69) is 16.1 Å². The molecule has 1 aromatic carbocycles. The zero-order chi connectivity index (χ0) is 13.5. The van der Waals surface area contributed by atoms with E-state index >= 15 is 0 Å². The van der Waals surface area contributed by atoms with Crippen LogP contribution in [0.3, 0.4) is 0 Å². The molecule has 2 aliphatic heterocycles. The van der Waals surface area contributed by atoms with Crippen molar-refractivity contribution in [3.8, 4) is 0 Å². The molecule has 2 bridgehead atoms. The smallest absolute Gasteiger partial charge is 0.229 e. The predicted molar refractivity (Wildman–Crippen MR) is 76.8 cm³/mol. The van der Waals surface area contributed by atoms with Crippen molar-refractivity contribution in [2.45, 2.75) is 43.7 Å². The third-order valence-corrected chi connectivity index (χ3v) is 4.74. The van der Waals surface area contributed by atoms with Crippen molar-refractivity contribution in [2.75, 3.05) is 11.0 Å². The summed E-state index contributed by atoms with van der Waals surface area (Å²) in [5.74, 6) is 0.556. The second-order valence-electron chi connectivity index (χ2n) is 5.81. The standard InChI is InChI=1S/C14H20N2O2S/c1-19(17,18)16-14-4-2-3-10(7-14)11-8-12-5-6-13(9-11)15-12/h2-4,7,11-13,15-16H,5-6,8-9H2,1H3/t11?,12-,13+. The first-order chi connectivity index (χ1) is 8.99. The lowest BCUT2D eigenvalue weighted by molar-refractivity contribution is 0.363. The van der Waals surface area contributed by atoms with Crippen LogP contribution in [0.5, 0.6) is 0 Å². The quantitative estimate of drug-likeness (QED) is 0.891. The molecule has 2 saturated heterocycles. The maximum Gasteiger partial charge on any atom is 0.229 e. The number of rotatable bonds is 3. The summed E-state index contributed by atoms with van der Waals surface area (Å²) in [6.07, 6.45) is 6.08. The van der Waals surface area contributed by atoms with Gasteiger partial charge in [-0.05, 0) is 49.3 Å².